The minimum absolute atomic E-state index is 0.148. The average molecular weight is 389 g/mol. The Labute approximate surface area is 157 Å². The Bertz CT molecular complexity index is 985. The van der Waals surface area contributed by atoms with Crippen LogP contribution in [-0.4, -0.2) is 39.9 Å². The Balaban J connectivity index is 1.38. The van der Waals surface area contributed by atoms with E-state index in [1.807, 2.05) is 24.3 Å². The van der Waals surface area contributed by atoms with E-state index in [0.717, 1.165) is 0 Å². The molecular formula is C19H19NO6S. The molecule has 142 valence electrons. The van der Waals surface area contributed by atoms with Crippen LogP contribution in [0.2, 0.25) is 0 Å². The highest BCUT2D eigenvalue weighted by atomic mass is 32.2. The van der Waals surface area contributed by atoms with E-state index < -0.39 is 15.6 Å². The molecule has 3 aliphatic rings. The van der Waals surface area contributed by atoms with Gasteiger partial charge in [-0.3, -0.25) is 0 Å². The summed E-state index contributed by atoms with van der Waals surface area (Å²) in [5.74, 6) is 2.32. The standard InChI is InChI=1S/C19H19NO6S/c21-27(22,13-5-6-15-17(11-13)24-10-9-23-15)20-19(7-8-19)18-12-25-14-3-1-2-4-16(14)26-18/h1-6,11,18,20H,7-10,12H2/t18-/m0/s1. The van der Waals surface area contributed by atoms with Crippen molar-refractivity contribution in [2.45, 2.75) is 29.4 Å². The van der Waals surface area contributed by atoms with Gasteiger partial charge in [-0.1, -0.05) is 12.1 Å². The molecule has 0 saturated heterocycles. The third-order valence-corrected chi connectivity index (χ3v) is 6.62. The van der Waals surface area contributed by atoms with Gasteiger partial charge in [0.2, 0.25) is 10.0 Å². The average Bonchev–Trinajstić information content (AvgIpc) is 3.47. The molecule has 0 aromatic heterocycles. The molecule has 0 unspecified atom stereocenters. The molecule has 27 heavy (non-hydrogen) atoms. The summed E-state index contributed by atoms with van der Waals surface area (Å²) in [6, 6.07) is 12.1. The van der Waals surface area contributed by atoms with Crippen LogP contribution in [0.4, 0.5) is 0 Å². The van der Waals surface area contributed by atoms with Gasteiger partial charge in [-0.25, -0.2) is 13.1 Å². The van der Waals surface area contributed by atoms with Crippen molar-refractivity contribution in [1.82, 2.24) is 4.72 Å². The SMILES string of the molecule is O=S(=O)(NC1([C@@H]2COc3ccccc3O2)CC1)c1ccc2c(c1)OCCO2. The number of hydrogen-bond acceptors (Lipinski definition) is 6. The summed E-state index contributed by atoms with van der Waals surface area (Å²) in [5.41, 5.74) is -0.653. The van der Waals surface area contributed by atoms with Gasteiger partial charge < -0.3 is 18.9 Å². The molecule has 1 N–H and O–H groups in total. The molecule has 2 aromatic carbocycles. The van der Waals surface area contributed by atoms with Crippen LogP contribution in [-0.2, 0) is 10.0 Å². The predicted molar refractivity (Wildman–Crippen MR) is 96.1 cm³/mol. The number of hydrogen-bond donors (Lipinski definition) is 1. The van der Waals surface area contributed by atoms with Gasteiger partial charge in [0, 0.05) is 6.07 Å². The lowest BCUT2D eigenvalue weighted by molar-refractivity contribution is 0.0605. The van der Waals surface area contributed by atoms with E-state index in [1.54, 1.807) is 6.07 Å². The van der Waals surface area contributed by atoms with Crippen LogP contribution in [0.1, 0.15) is 12.8 Å². The molecule has 0 spiro atoms. The van der Waals surface area contributed by atoms with Crippen molar-refractivity contribution in [1.29, 1.82) is 0 Å². The monoisotopic (exact) mass is 389 g/mol. The van der Waals surface area contributed by atoms with E-state index in [4.69, 9.17) is 18.9 Å². The number of ether oxygens (including phenoxy) is 4. The lowest BCUT2D eigenvalue weighted by Gasteiger charge is -2.32. The van der Waals surface area contributed by atoms with Crippen molar-refractivity contribution in [3.8, 4) is 23.0 Å². The number of rotatable bonds is 4. The number of fused-ring (bicyclic) bond motifs is 2. The van der Waals surface area contributed by atoms with Crippen LogP contribution in [0.15, 0.2) is 47.4 Å². The number of nitrogens with one attached hydrogen (secondary N) is 1. The van der Waals surface area contributed by atoms with Gasteiger partial charge in [0.15, 0.2) is 29.1 Å². The molecule has 1 aliphatic carbocycles. The van der Waals surface area contributed by atoms with Crippen LogP contribution in [0.25, 0.3) is 0 Å². The van der Waals surface area contributed by atoms with Gasteiger partial charge in [-0.15, -0.1) is 0 Å². The van der Waals surface area contributed by atoms with Crippen molar-refractivity contribution < 1.29 is 27.4 Å². The van der Waals surface area contributed by atoms with Gasteiger partial charge in [0.25, 0.3) is 0 Å². The molecule has 2 heterocycles. The van der Waals surface area contributed by atoms with Crippen LogP contribution >= 0.6 is 0 Å². The van der Waals surface area contributed by atoms with E-state index in [2.05, 4.69) is 4.72 Å². The normalized spacial score (nSPS) is 22.1. The van der Waals surface area contributed by atoms with Crippen LogP contribution in [0.5, 0.6) is 23.0 Å². The van der Waals surface area contributed by atoms with Gasteiger partial charge in [-0.2, -0.15) is 0 Å². The Hall–Kier alpha value is -2.45. The summed E-state index contributed by atoms with van der Waals surface area (Å²) < 4.78 is 51.5. The first-order valence-corrected chi connectivity index (χ1v) is 10.4. The maximum absolute atomic E-state index is 13.0. The molecule has 5 rings (SSSR count). The zero-order chi connectivity index (χ0) is 18.5. The Morgan fingerprint density at radius 3 is 2.37 bits per heavy atom. The summed E-state index contributed by atoms with van der Waals surface area (Å²) in [7, 11) is -3.74. The molecule has 1 fully saturated rings. The van der Waals surface area contributed by atoms with E-state index in [-0.39, 0.29) is 11.0 Å². The van der Waals surface area contributed by atoms with Crippen LogP contribution in [0, 0.1) is 0 Å². The summed E-state index contributed by atoms with van der Waals surface area (Å²) >= 11 is 0. The highest BCUT2D eigenvalue weighted by Gasteiger charge is 2.55. The zero-order valence-electron chi connectivity index (χ0n) is 14.5. The fourth-order valence-corrected chi connectivity index (χ4v) is 4.93. The molecule has 0 amide bonds. The van der Waals surface area contributed by atoms with Crippen LogP contribution < -0.4 is 23.7 Å². The fraction of sp³-hybridized carbons (Fsp3) is 0.368. The molecule has 1 atom stereocenters. The molecule has 0 radical (unpaired) electrons. The second-order valence-corrected chi connectivity index (χ2v) is 8.61. The summed E-state index contributed by atoms with van der Waals surface area (Å²) in [6.07, 6.45) is 1.03. The molecule has 7 nitrogen and oxygen atoms in total. The number of para-hydroxylation sites is 2. The van der Waals surface area contributed by atoms with E-state index in [9.17, 15) is 8.42 Å². The van der Waals surface area contributed by atoms with Gasteiger partial charge in [0.05, 0.1) is 10.4 Å². The maximum atomic E-state index is 13.0. The smallest absolute Gasteiger partial charge is 0.241 e. The van der Waals surface area contributed by atoms with E-state index in [0.29, 0.717) is 55.7 Å². The minimum Gasteiger partial charge on any atom is -0.486 e. The summed E-state index contributed by atoms with van der Waals surface area (Å²) in [4.78, 5) is 0.148. The number of sulfonamides is 1. The van der Waals surface area contributed by atoms with Gasteiger partial charge in [-0.05, 0) is 37.1 Å². The Kier molecular flexibility index (Phi) is 3.73. The van der Waals surface area contributed by atoms with Crippen molar-refractivity contribution in [3.63, 3.8) is 0 Å². The van der Waals surface area contributed by atoms with E-state index >= 15 is 0 Å². The zero-order valence-corrected chi connectivity index (χ0v) is 15.3. The van der Waals surface area contributed by atoms with Crippen molar-refractivity contribution in [2.24, 2.45) is 0 Å². The molecule has 2 aliphatic heterocycles. The second-order valence-electron chi connectivity index (χ2n) is 6.93. The summed E-state index contributed by atoms with van der Waals surface area (Å²) in [6.45, 7) is 1.17. The predicted octanol–water partition coefficient (Wildman–Crippen LogP) is 2.11. The fourth-order valence-electron chi connectivity index (χ4n) is 3.43. The Morgan fingerprint density at radius 1 is 0.889 bits per heavy atom. The largest absolute Gasteiger partial charge is 0.486 e. The topological polar surface area (TPSA) is 83.1 Å². The van der Waals surface area contributed by atoms with Gasteiger partial charge >= 0.3 is 0 Å². The van der Waals surface area contributed by atoms with E-state index in [1.165, 1.54) is 12.1 Å². The van der Waals surface area contributed by atoms with Gasteiger partial charge in [0.1, 0.15) is 19.8 Å². The molecule has 8 heteroatoms. The lowest BCUT2D eigenvalue weighted by Crippen LogP contribution is -2.52. The first-order chi connectivity index (χ1) is 13.1. The summed E-state index contributed by atoms with van der Waals surface area (Å²) in [5, 5.41) is 0. The third kappa shape index (κ3) is 2.98. The molecule has 0 bridgehead atoms. The van der Waals surface area contributed by atoms with Crippen LogP contribution in [0.3, 0.4) is 0 Å². The quantitative estimate of drug-likeness (QED) is 0.862. The molecule has 2 aromatic rings. The van der Waals surface area contributed by atoms with Crippen molar-refractivity contribution in [2.75, 3.05) is 19.8 Å². The lowest BCUT2D eigenvalue weighted by atomic mass is 10.1. The Morgan fingerprint density at radius 2 is 1.59 bits per heavy atom. The van der Waals surface area contributed by atoms with Crippen molar-refractivity contribution >= 4 is 10.0 Å². The second kappa shape index (κ2) is 6.03. The first kappa shape index (κ1) is 16.7. The highest BCUT2D eigenvalue weighted by molar-refractivity contribution is 7.89. The highest BCUT2D eigenvalue weighted by Crippen LogP contribution is 2.45. The molecule has 1 saturated carbocycles. The third-order valence-electron chi connectivity index (χ3n) is 5.08. The van der Waals surface area contributed by atoms with Crippen molar-refractivity contribution in [3.05, 3.63) is 42.5 Å². The first-order valence-electron chi connectivity index (χ1n) is 8.88. The minimum atomic E-state index is -3.74. The number of benzene rings is 2. The molecular weight excluding hydrogens is 370 g/mol. The maximum Gasteiger partial charge on any atom is 0.241 e.